The molecule has 0 unspecified atom stereocenters. The van der Waals surface area contributed by atoms with E-state index in [1.807, 2.05) is 6.92 Å². The molecule has 1 saturated heterocycles. The maximum atomic E-state index is 11.9. The van der Waals surface area contributed by atoms with E-state index in [0.29, 0.717) is 6.42 Å². The number of esters is 4. The highest BCUT2D eigenvalue weighted by Crippen LogP contribution is 2.31. The molecular formula is C22H32O12. The number of ether oxygens (including phenoxy) is 7. The zero-order valence-electron chi connectivity index (χ0n) is 20.2. The Bertz CT molecular complexity index is 776. The van der Waals surface area contributed by atoms with Crippen LogP contribution < -0.4 is 0 Å². The van der Waals surface area contributed by atoms with Crippen LogP contribution in [0.25, 0.3) is 0 Å². The van der Waals surface area contributed by atoms with E-state index in [1.54, 1.807) is 0 Å². The molecule has 0 bridgehead atoms. The van der Waals surface area contributed by atoms with Crippen LogP contribution in [0, 0.1) is 0 Å². The van der Waals surface area contributed by atoms with Gasteiger partial charge in [-0.15, -0.1) is 0 Å². The third-order valence-electron chi connectivity index (χ3n) is 4.42. The van der Waals surface area contributed by atoms with Gasteiger partial charge in [0.2, 0.25) is 6.29 Å². The van der Waals surface area contributed by atoms with Gasteiger partial charge in [-0.25, -0.2) is 0 Å². The normalized spacial score (nSPS) is 24.9. The maximum absolute atomic E-state index is 11.9. The maximum Gasteiger partial charge on any atom is 0.303 e. The minimum absolute atomic E-state index is 0.0405. The average molecular weight is 488 g/mol. The predicted octanol–water partition coefficient (Wildman–Crippen LogP) is 0.984. The Morgan fingerprint density at radius 2 is 1.35 bits per heavy atom. The van der Waals surface area contributed by atoms with Gasteiger partial charge in [-0.2, -0.15) is 0 Å². The number of carbonyl (C=O) groups excluding carboxylic acids is 5. The highest BCUT2D eigenvalue weighted by Gasteiger charge is 2.53. The monoisotopic (exact) mass is 488 g/mol. The number of rotatable bonds is 12. The molecule has 12 nitrogen and oxygen atoms in total. The van der Waals surface area contributed by atoms with Crippen LogP contribution in [0.4, 0.5) is 0 Å². The lowest BCUT2D eigenvalue weighted by molar-refractivity contribution is -0.334. The quantitative estimate of drug-likeness (QED) is 0.167. The first-order valence-electron chi connectivity index (χ1n) is 10.6. The van der Waals surface area contributed by atoms with Gasteiger partial charge in [0.15, 0.2) is 30.4 Å². The molecule has 0 N–H and O–H groups in total. The molecule has 0 aromatic carbocycles. The summed E-state index contributed by atoms with van der Waals surface area (Å²) in [6.45, 7) is 11.0. The number of Topliss-reactive ketones (excluding diaryl/α,β-unsaturated/α-hetero) is 1. The summed E-state index contributed by atoms with van der Waals surface area (Å²) in [6, 6.07) is 0. The summed E-state index contributed by atoms with van der Waals surface area (Å²) in [7, 11) is 0. The Balaban J connectivity index is 3.45. The van der Waals surface area contributed by atoms with Crippen molar-refractivity contribution in [2.24, 2.45) is 0 Å². The molecule has 0 amide bonds. The first-order valence-corrected chi connectivity index (χ1v) is 10.6. The van der Waals surface area contributed by atoms with E-state index < -0.39 is 73.3 Å². The molecular weight excluding hydrogens is 456 g/mol. The van der Waals surface area contributed by atoms with Gasteiger partial charge in [-0.1, -0.05) is 13.5 Å². The molecule has 6 atom stereocenters. The molecule has 0 aromatic rings. The zero-order valence-corrected chi connectivity index (χ0v) is 20.2. The minimum Gasteiger partial charge on any atom is -0.463 e. The molecule has 1 aliphatic heterocycles. The fraction of sp³-hybridized carbons (Fsp3) is 0.682. The number of carbonyl (C=O) groups is 5. The molecule has 0 aromatic heterocycles. The van der Waals surface area contributed by atoms with Gasteiger partial charge in [0.05, 0.1) is 0 Å². The van der Waals surface area contributed by atoms with Crippen LogP contribution in [0.15, 0.2) is 12.2 Å². The third-order valence-corrected chi connectivity index (χ3v) is 4.42. The van der Waals surface area contributed by atoms with Crippen molar-refractivity contribution in [1.82, 2.24) is 0 Å². The lowest BCUT2D eigenvalue weighted by Crippen LogP contribution is -2.63. The Morgan fingerprint density at radius 3 is 1.82 bits per heavy atom. The predicted molar refractivity (Wildman–Crippen MR) is 113 cm³/mol. The van der Waals surface area contributed by atoms with Crippen molar-refractivity contribution in [1.29, 1.82) is 0 Å². The van der Waals surface area contributed by atoms with Gasteiger partial charge in [0.25, 0.3) is 0 Å². The lowest BCUT2D eigenvalue weighted by atomic mass is 9.98. The van der Waals surface area contributed by atoms with Crippen LogP contribution in [0.3, 0.4) is 0 Å². The van der Waals surface area contributed by atoms with Crippen LogP contribution in [-0.4, -0.2) is 79.9 Å². The van der Waals surface area contributed by atoms with Crippen LogP contribution in [0.2, 0.25) is 0 Å². The van der Waals surface area contributed by atoms with Crippen LogP contribution >= 0.6 is 0 Å². The van der Waals surface area contributed by atoms with Gasteiger partial charge in [0.1, 0.15) is 12.7 Å². The standard InChI is InChI=1S/C22H32O12/c1-8-9-28-21(11(2)12(3)23)34-22-20(32-16(7)27)19(31-15(6)26)18(30-14(5)25)17(33-22)10-29-13(4)24/h17-22H,2,8-10H2,1,3-7H3/t17-,18-,19+,20-,21-,22+/m1/s1. The summed E-state index contributed by atoms with van der Waals surface area (Å²) in [5.74, 6) is -3.39. The van der Waals surface area contributed by atoms with Crippen molar-refractivity contribution in [3.05, 3.63) is 12.2 Å². The van der Waals surface area contributed by atoms with E-state index in [2.05, 4.69) is 6.58 Å². The molecule has 1 fully saturated rings. The van der Waals surface area contributed by atoms with Gasteiger partial charge in [-0.05, 0) is 13.3 Å². The van der Waals surface area contributed by atoms with Crippen LogP contribution in [0.1, 0.15) is 48.0 Å². The van der Waals surface area contributed by atoms with Crippen molar-refractivity contribution in [2.45, 2.75) is 85.0 Å². The Kier molecular flexibility index (Phi) is 11.8. The third kappa shape index (κ3) is 9.20. The highest BCUT2D eigenvalue weighted by molar-refractivity contribution is 5.93. The van der Waals surface area contributed by atoms with E-state index in [-0.39, 0.29) is 12.2 Å². The molecule has 12 heteroatoms. The Morgan fingerprint density at radius 1 is 0.824 bits per heavy atom. The molecule has 1 rings (SSSR count). The van der Waals surface area contributed by atoms with Crippen molar-refractivity contribution >= 4 is 29.7 Å². The van der Waals surface area contributed by atoms with Crippen molar-refractivity contribution in [3.63, 3.8) is 0 Å². The topological polar surface area (TPSA) is 150 Å². The number of hydrogen-bond acceptors (Lipinski definition) is 12. The van der Waals surface area contributed by atoms with E-state index >= 15 is 0 Å². The van der Waals surface area contributed by atoms with E-state index in [0.717, 1.165) is 27.7 Å². The van der Waals surface area contributed by atoms with Gasteiger partial charge in [-0.3, -0.25) is 24.0 Å². The molecule has 0 spiro atoms. The SMILES string of the molecule is C=C(C(C)=O)[C@H](OCCC)O[C@@H]1O[C@H](COC(C)=O)[C@@H](OC(C)=O)[C@H](OC(C)=O)[C@H]1OC(C)=O. The van der Waals surface area contributed by atoms with E-state index in [1.165, 1.54) is 6.92 Å². The fourth-order valence-electron chi connectivity index (χ4n) is 3.03. The summed E-state index contributed by atoms with van der Waals surface area (Å²) in [5.41, 5.74) is -0.0405. The van der Waals surface area contributed by atoms with Crippen molar-refractivity contribution < 1.29 is 57.1 Å². The molecule has 1 aliphatic rings. The number of ketones is 1. The molecule has 0 aliphatic carbocycles. The summed E-state index contributed by atoms with van der Waals surface area (Å²) in [5, 5.41) is 0. The molecule has 0 saturated carbocycles. The van der Waals surface area contributed by atoms with Gasteiger partial charge >= 0.3 is 23.9 Å². The largest absolute Gasteiger partial charge is 0.463 e. The van der Waals surface area contributed by atoms with Crippen molar-refractivity contribution in [2.75, 3.05) is 13.2 Å². The molecule has 0 radical (unpaired) electrons. The smallest absolute Gasteiger partial charge is 0.303 e. The fourth-order valence-corrected chi connectivity index (χ4v) is 3.03. The molecule has 192 valence electrons. The molecule has 1 heterocycles. The average Bonchev–Trinajstić information content (AvgIpc) is 2.71. The van der Waals surface area contributed by atoms with Gasteiger partial charge < -0.3 is 33.2 Å². The first kappa shape index (κ1) is 29.2. The second kappa shape index (κ2) is 13.8. The Labute approximate surface area is 197 Å². The number of hydrogen-bond donors (Lipinski definition) is 0. The van der Waals surface area contributed by atoms with Crippen LogP contribution in [-0.2, 0) is 57.1 Å². The second-order valence-corrected chi connectivity index (χ2v) is 7.49. The van der Waals surface area contributed by atoms with Crippen molar-refractivity contribution in [3.8, 4) is 0 Å². The summed E-state index contributed by atoms with van der Waals surface area (Å²) in [6.07, 6.45) is -7.54. The Hall–Kier alpha value is -2.83. The van der Waals surface area contributed by atoms with Gasteiger partial charge in [0, 0.05) is 39.9 Å². The van der Waals surface area contributed by atoms with Crippen LogP contribution in [0.5, 0.6) is 0 Å². The van der Waals surface area contributed by atoms with E-state index in [9.17, 15) is 24.0 Å². The molecule has 34 heavy (non-hydrogen) atoms. The lowest BCUT2D eigenvalue weighted by Gasteiger charge is -2.44. The first-order chi connectivity index (χ1) is 15.9. The summed E-state index contributed by atoms with van der Waals surface area (Å²) in [4.78, 5) is 58.8. The summed E-state index contributed by atoms with van der Waals surface area (Å²) < 4.78 is 38.2. The minimum atomic E-state index is -1.49. The second-order valence-electron chi connectivity index (χ2n) is 7.49. The van der Waals surface area contributed by atoms with E-state index in [4.69, 9.17) is 33.2 Å². The zero-order chi connectivity index (χ0) is 26.0. The summed E-state index contributed by atoms with van der Waals surface area (Å²) >= 11 is 0. The highest BCUT2D eigenvalue weighted by atomic mass is 16.8.